The van der Waals surface area contributed by atoms with E-state index in [2.05, 4.69) is 5.32 Å². The van der Waals surface area contributed by atoms with Crippen LogP contribution in [0.25, 0.3) is 0 Å². The molecule has 2 aliphatic rings. The van der Waals surface area contributed by atoms with Gasteiger partial charge in [-0.1, -0.05) is 6.07 Å². The molecule has 0 aromatic carbocycles. The van der Waals surface area contributed by atoms with Gasteiger partial charge in [-0.15, -0.1) is 11.3 Å². The summed E-state index contributed by atoms with van der Waals surface area (Å²) in [5, 5.41) is 15.5. The van der Waals surface area contributed by atoms with Gasteiger partial charge in [-0.05, 0) is 49.7 Å². The first-order valence-corrected chi connectivity index (χ1v) is 8.33. The second-order valence-corrected chi connectivity index (χ2v) is 6.86. The average Bonchev–Trinajstić information content (AvgIpc) is 3.04. The molecule has 1 aromatic rings. The maximum atomic E-state index is 12.3. The summed E-state index contributed by atoms with van der Waals surface area (Å²) < 4.78 is 0. The number of rotatable bonds is 5. The summed E-state index contributed by atoms with van der Waals surface area (Å²) in [6.07, 6.45) is 3.00. The molecule has 1 amide bonds. The molecule has 2 unspecified atom stereocenters. The van der Waals surface area contributed by atoms with Crippen LogP contribution in [0.1, 0.15) is 36.7 Å². The van der Waals surface area contributed by atoms with Gasteiger partial charge >= 0.3 is 0 Å². The Morgan fingerprint density at radius 1 is 1.55 bits per heavy atom. The molecule has 0 spiro atoms. The lowest BCUT2D eigenvalue weighted by Gasteiger charge is -2.31. The second kappa shape index (κ2) is 6.24. The summed E-state index contributed by atoms with van der Waals surface area (Å²) in [6.45, 7) is 2.81. The number of nitrogens with one attached hydrogen (secondary N) is 1. The second-order valence-electron chi connectivity index (χ2n) is 5.88. The lowest BCUT2D eigenvalue weighted by Crippen LogP contribution is -2.46. The number of hydrogen-bond acceptors (Lipinski definition) is 4. The van der Waals surface area contributed by atoms with Crippen LogP contribution in [0.2, 0.25) is 0 Å². The van der Waals surface area contributed by atoms with Crippen LogP contribution >= 0.6 is 11.3 Å². The zero-order chi connectivity index (χ0) is 13.9. The first-order chi connectivity index (χ1) is 9.74. The van der Waals surface area contributed by atoms with Gasteiger partial charge in [-0.25, -0.2) is 0 Å². The van der Waals surface area contributed by atoms with Crippen molar-refractivity contribution in [3.05, 3.63) is 22.4 Å². The van der Waals surface area contributed by atoms with Crippen molar-refractivity contribution in [1.82, 2.24) is 10.2 Å². The number of aliphatic hydroxyl groups excluding tert-OH is 1. The highest BCUT2D eigenvalue weighted by Gasteiger charge is 2.32. The number of hydrogen-bond donors (Lipinski definition) is 2. The van der Waals surface area contributed by atoms with E-state index in [1.807, 2.05) is 22.4 Å². The fourth-order valence-corrected chi connectivity index (χ4v) is 3.85. The summed E-state index contributed by atoms with van der Waals surface area (Å²) in [7, 11) is 0. The van der Waals surface area contributed by atoms with Crippen molar-refractivity contribution in [1.29, 1.82) is 0 Å². The summed E-state index contributed by atoms with van der Waals surface area (Å²) in [5.74, 6) is 0.795. The number of nitrogens with zero attached hydrogens (tertiary/aromatic N) is 1. The van der Waals surface area contributed by atoms with Gasteiger partial charge < -0.3 is 15.3 Å². The molecule has 5 heteroatoms. The Balaban J connectivity index is 1.56. The zero-order valence-corrected chi connectivity index (χ0v) is 12.4. The van der Waals surface area contributed by atoms with Crippen LogP contribution in [0.5, 0.6) is 0 Å². The average molecular weight is 294 g/mol. The number of thiophene rings is 1. The summed E-state index contributed by atoms with van der Waals surface area (Å²) in [4.78, 5) is 15.4. The van der Waals surface area contributed by atoms with Gasteiger partial charge in [0.15, 0.2) is 0 Å². The molecule has 4 nitrogen and oxygen atoms in total. The highest BCUT2D eigenvalue weighted by atomic mass is 32.1. The molecule has 3 heterocycles. The molecule has 2 N–H and O–H groups in total. The molecular formula is C15H22N2O2S. The molecule has 3 rings (SSSR count). The summed E-state index contributed by atoms with van der Waals surface area (Å²) in [6, 6.07) is 4.15. The third-order valence-electron chi connectivity index (χ3n) is 4.39. The maximum absolute atomic E-state index is 12.3. The van der Waals surface area contributed by atoms with Gasteiger partial charge in [0.1, 0.15) is 0 Å². The lowest BCUT2D eigenvalue weighted by atomic mass is 9.98. The van der Waals surface area contributed by atoms with Gasteiger partial charge in [-0.2, -0.15) is 0 Å². The first kappa shape index (κ1) is 14.0. The fraction of sp³-hybridized carbons (Fsp3) is 0.667. The fourth-order valence-electron chi connectivity index (χ4n) is 3.12. The van der Waals surface area contributed by atoms with E-state index in [4.69, 9.17) is 0 Å². The van der Waals surface area contributed by atoms with E-state index >= 15 is 0 Å². The van der Waals surface area contributed by atoms with Crippen molar-refractivity contribution in [3.8, 4) is 0 Å². The van der Waals surface area contributed by atoms with E-state index in [9.17, 15) is 9.90 Å². The molecule has 110 valence electrons. The molecule has 1 aromatic heterocycles. The van der Waals surface area contributed by atoms with Crippen LogP contribution in [-0.2, 0) is 4.79 Å². The molecule has 0 radical (unpaired) electrons. The van der Waals surface area contributed by atoms with Gasteiger partial charge in [0, 0.05) is 23.9 Å². The lowest BCUT2D eigenvalue weighted by molar-refractivity contribution is -0.133. The van der Waals surface area contributed by atoms with E-state index < -0.39 is 6.10 Å². The standard InChI is InChI=1S/C15H22N2O2S/c18-13(14-4-2-6-20-14)8-12-3-1-5-17(12)15(19)7-11-9-16-10-11/h2,4,6,11-13,16,18H,1,3,5,7-10H2. The quantitative estimate of drug-likeness (QED) is 0.870. The van der Waals surface area contributed by atoms with E-state index in [-0.39, 0.29) is 11.9 Å². The minimum atomic E-state index is -0.432. The molecule has 2 aliphatic heterocycles. The Morgan fingerprint density at radius 3 is 3.05 bits per heavy atom. The predicted octanol–water partition coefficient (Wildman–Crippen LogP) is 1.77. The number of likely N-dealkylation sites (tertiary alicyclic amines) is 1. The molecular weight excluding hydrogens is 272 g/mol. The summed E-state index contributed by atoms with van der Waals surface area (Å²) >= 11 is 1.59. The van der Waals surface area contributed by atoms with Crippen molar-refractivity contribution in [2.75, 3.05) is 19.6 Å². The maximum Gasteiger partial charge on any atom is 0.223 e. The number of amides is 1. The number of carbonyl (C=O) groups is 1. The molecule has 2 saturated heterocycles. The smallest absolute Gasteiger partial charge is 0.223 e. The van der Waals surface area contributed by atoms with Gasteiger partial charge in [0.05, 0.1) is 6.10 Å². The number of aliphatic hydroxyl groups is 1. The molecule has 20 heavy (non-hydrogen) atoms. The van der Waals surface area contributed by atoms with Crippen molar-refractivity contribution >= 4 is 17.2 Å². The zero-order valence-electron chi connectivity index (χ0n) is 11.6. The Hall–Kier alpha value is -0.910. The Bertz CT molecular complexity index is 445. The predicted molar refractivity (Wildman–Crippen MR) is 79.6 cm³/mol. The highest BCUT2D eigenvalue weighted by molar-refractivity contribution is 7.10. The van der Waals surface area contributed by atoms with Crippen LogP contribution in [-0.4, -0.2) is 41.6 Å². The van der Waals surface area contributed by atoms with E-state index in [0.717, 1.165) is 37.4 Å². The van der Waals surface area contributed by atoms with Crippen molar-refractivity contribution in [2.24, 2.45) is 5.92 Å². The topological polar surface area (TPSA) is 52.6 Å². The van der Waals surface area contributed by atoms with Gasteiger partial charge in [0.25, 0.3) is 0 Å². The largest absolute Gasteiger partial charge is 0.387 e. The van der Waals surface area contributed by atoms with E-state index in [1.54, 1.807) is 11.3 Å². The summed E-state index contributed by atoms with van der Waals surface area (Å²) in [5.41, 5.74) is 0. The van der Waals surface area contributed by atoms with Gasteiger partial charge in [0.2, 0.25) is 5.91 Å². The van der Waals surface area contributed by atoms with Crippen LogP contribution in [0.15, 0.2) is 17.5 Å². The van der Waals surface area contributed by atoms with Crippen molar-refractivity contribution < 1.29 is 9.90 Å². The molecule has 2 fully saturated rings. The molecule has 2 atom stereocenters. The van der Waals surface area contributed by atoms with Crippen LogP contribution in [0.4, 0.5) is 0 Å². The van der Waals surface area contributed by atoms with Crippen LogP contribution in [0, 0.1) is 5.92 Å². The Kier molecular flexibility index (Phi) is 4.38. The van der Waals surface area contributed by atoms with E-state index in [0.29, 0.717) is 18.8 Å². The van der Waals surface area contributed by atoms with Gasteiger partial charge in [-0.3, -0.25) is 4.79 Å². The number of carbonyl (C=O) groups excluding carboxylic acids is 1. The third-order valence-corrected chi connectivity index (χ3v) is 5.37. The minimum Gasteiger partial charge on any atom is -0.387 e. The van der Waals surface area contributed by atoms with Crippen molar-refractivity contribution in [2.45, 2.75) is 37.8 Å². The van der Waals surface area contributed by atoms with Crippen molar-refractivity contribution in [3.63, 3.8) is 0 Å². The molecule has 0 saturated carbocycles. The van der Waals surface area contributed by atoms with Crippen LogP contribution in [0.3, 0.4) is 0 Å². The Labute approximate surface area is 123 Å². The van der Waals surface area contributed by atoms with E-state index in [1.165, 1.54) is 0 Å². The third kappa shape index (κ3) is 3.05. The SMILES string of the molecule is O=C(CC1CNC1)N1CCCC1CC(O)c1cccs1. The molecule has 0 aliphatic carbocycles. The Morgan fingerprint density at radius 2 is 2.40 bits per heavy atom. The minimum absolute atomic E-state index is 0.215. The highest BCUT2D eigenvalue weighted by Crippen LogP contribution is 2.30. The monoisotopic (exact) mass is 294 g/mol. The normalized spacial score (nSPS) is 24.6. The van der Waals surface area contributed by atoms with Crippen LogP contribution < -0.4 is 5.32 Å². The molecule has 0 bridgehead atoms. The first-order valence-electron chi connectivity index (χ1n) is 7.45.